The molecule has 0 amide bonds. The Hall–Kier alpha value is -2.24. The molecule has 1 aromatic heterocycles. The zero-order valence-corrected chi connectivity index (χ0v) is 7.72. The van der Waals surface area contributed by atoms with Crippen LogP contribution in [0.3, 0.4) is 0 Å². The van der Waals surface area contributed by atoms with E-state index >= 15 is 0 Å². The molecule has 0 spiro atoms. The third-order valence-corrected chi connectivity index (χ3v) is 1.92. The van der Waals surface area contributed by atoms with E-state index in [2.05, 4.69) is 4.98 Å². The van der Waals surface area contributed by atoms with Crippen LogP contribution in [0.5, 0.6) is 11.8 Å². The maximum atomic E-state index is 10.7. The van der Waals surface area contributed by atoms with Gasteiger partial charge in [0.25, 0.3) is 0 Å². The molecule has 0 aliphatic carbocycles. The molecule has 0 fully saturated rings. The molecular weight excluding hydrogens is 202 g/mol. The molecule has 78 valence electrons. The number of nitrogens with zero attached hydrogens (tertiary/aromatic N) is 1. The smallest absolute Gasteiger partial charge is 0.394 e. The number of fused-ring (bicyclic) bond motifs is 1. The first kappa shape index (κ1) is 9.32. The van der Waals surface area contributed by atoms with Gasteiger partial charge in [-0.25, -0.2) is 4.79 Å². The molecule has 2 aromatic rings. The average molecular weight is 209 g/mol. The highest BCUT2D eigenvalue weighted by Crippen LogP contribution is 2.30. The standard InChI is InChI=1S/C9H7NO5/c1-14-9-10-6-5(15-9)3-2-4(7(6)11)8(12)13/h2-3,11H,1H3,(H,12,13). The Morgan fingerprint density at radius 3 is 2.87 bits per heavy atom. The van der Waals surface area contributed by atoms with E-state index in [1.165, 1.54) is 19.2 Å². The fourth-order valence-corrected chi connectivity index (χ4v) is 1.22. The maximum Gasteiger partial charge on any atom is 0.394 e. The summed E-state index contributed by atoms with van der Waals surface area (Å²) in [7, 11) is 1.36. The van der Waals surface area contributed by atoms with Gasteiger partial charge in [0.05, 0.1) is 7.11 Å². The third kappa shape index (κ3) is 1.35. The van der Waals surface area contributed by atoms with Gasteiger partial charge in [-0.15, -0.1) is 0 Å². The molecule has 0 atom stereocenters. The second-order valence-corrected chi connectivity index (χ2v) is 2.80. The van der Waals surface area contributed by atoms with Crippen LogP contribution in [0, 0.1) is 0 Å². The summed E-state index contributed by atoms with van der Waals surface area (Å²) in [4.78, 5) is 14.5. The minimum atomic E-state index is -1.23. The van der Waals surface area contributed by atoms with Crippen LogP contribution < -0.4 is 4.74 Å². The number of carbonyl (C=O) groups is 1. The number of oxazole rings is 1. The molecule has 0 aliphatic heterocycles. The SMILES string of the molecule is COc1nc2c(O)c(C(=O)O)ccc2o1. The Balaban J connectivity index is 2.72. The minimum absolute atomic E-state index is 0.0251. The van der Waals surface area contributed by atoms with Crippen molar-refractivity contribution in [2.45, 2.75) is 0 Å². The first-order valence-corrected chi connectivity index (χ1v) is 4.03. The number of ether oxygens (including phenoxy) is 1. The molecule has 0 unspecified atom stereocenters. The van der Waals surface area contributed by atoms with E-state index in [1.807, 2.05) is 0 Å². The number of carboxylic acid groups (broad SMARTS) is 1. The molecule has 1 aromatic carbocycles. The largest absolute Gasteiger partial charge is 0.505 e. The lowest BCUT2D eigenvalue weighted by Crippen LogP contribution is -1.96. The van der Waals surface area contributed by atoms with Gasteiger partial charge >= 0.3 is 12.0 Å². The van der Waals surface area contributed by atoms with Gasteiger partial charge in [0.15, 0.2) is 16.8 Å². The molecule has 0 radical (unpaired) electrons. The van der Waals surface area contributed by atoms with Gasteiger partial charge in [0.1, 0.15) is 5.56 Å². The molecule has 1 heterocycles. The topological polar surface area (TPSA) is 92.8 Å². The van der Waals surface area contributed by atoms with Crippen molar-refractivity contribution in [3.63, 3.8) is 0 Å². The van der Waals surface area contributed by atoms with Crippen molar-refractivity contribution >= 4 is 17.1 Å². The highest BCUT2D eigenvalue weighted by atomic mass is 16.6. The number of hydrogen-bond donors (Lipinski definition) is 2. The van der Waals surface area contributed by atoms with Crippen LogP contribution in [-0.4, -0.2) is 28.3 Å². The zero-order valence-electron chi connectivity index (χ0n) is 7.72. The van der Waals surface area contributed by atoms with Crippen molar-refractivity contribution in [3.8, 4) is 11.8 Å². The molecule has 0 saturated carbocycles. The Kier molecular flexibility index (Phi) is 1.96. The lowest BCUT2D eigenvalue weighted by Gasteiger charge is -1.97. The van der Waals surface area contributed by atoms with Gasteiger partial charge < -0.3 is 19.4 Å². The van der Waals surface area contributed by atoms with Crippen molar-refractivity contribution in [2.24, 2.45) is 0 Å². The highest BCUT2D eigenvalue weighted by molar-refractivity contribution is 5.97. The summed E-state index contributed by atoms with van der Waals surface area (Å²) in [5.74, 6) is -1.65. The lowest BCUT2D eigenvalue weighted by atomic mass is 10.2. The summed E-state index contributed by atoms with van der Waals surface area (Å²) in [6.45, 7) is 0. The molecule has 15 heavy (non-hydrogen) atoms. The van der Waals surface area contributed by atoms with E-state index in [-0.39, 0.29) is 22.7 Å². The van der Waals surface area contributed by atoms with Gasteiger partial charge in [-0.3, -0.25) is 0 Å². The lowest BCUT2D eigenvalue weighted by molar-refractivity contribution is 0.0694. The van der Waals surface area contributed by atoms with E-state index < -0.39 is 11.7 Å². The first-order valence-electron chi connectivity index (χ1n) is 4.03. The second-order valence-electron chi connectivity index (χ2n) is 2.80. The van der Waals surface area contributed by atoms with Crippen LogP contribution >= 0.6 is 0 Å². The maximum absolute atomic E-state index is 10.7. The normalized spacial score (nSPS) is 10.5. The third-order valence-electron chi connectivity index (χ3n) is 1.92. The molecule has 0 bridgehead atoms. The molecule has 0 aliphatic rings. The quantitative estimate of drug-likeness (QED) is 0.772. The number of benzene rings is 1. The van der Waals surface area contributed by atoms with Crippen LogP contribution in [0.2, 0.25) is 0 Å². The van der Waals surface area contributed by atoms with Crippen LogP contribution in [0.4, 0.5) is 0 Å². The summed E-state index contributed by atoms with van der Waals surface area (Å²) < 4.78 is 9.76. The predicted octanol–water partition coefficient (Wildman–Crippen LogP) is 1.24. The van der Waals surface area contributed by atoms with Crippen molar-refractivity contribution in [3.05, 3.63) is 17.7 Å². The van der Waals surface area contributed by atoms with E-state index in [0.29, 0.717) is 0 Å². The summed E-state index contributed by atoms with van der Waals surface area (Å²) in [5.41, 5.74) is 0.125. The summed E-state index contributed by atoms with van der Waals surface area (Å²) in [6.07, 6.45) is -0.0251. The number of methoxy groups -OCH3 is 1. The Labute approximate surface area is 83.7 Å². The van der Waals surface area contributed by atoms with E-state index in [4.69, 9.17) is 14.3 Å². The number of hydrogen-bond acceptors (Lipinski definition) is 5. The number of aromatic nitrogens is 1. The Morgan fingerprint density at radius 1 is 1.53 bits per heavy atom. The minimum Gasteiger partial charge on any atom is -0.505 e. The molecular formula is C9H7NO5. The highest BCUT2D eigenvalue weighted by Gasteiger charge is 2.17. The van der Waals surface area contributed by atoms with E-state index in [1.54, 1.807) is 0 Å². The molecule has 6 heteroatoms. The molecule has 2 rings (SSSR count). The second kappa shape index (κ2) is 3.16. The van der Waals surface area contributed by atoms with Crippen LogP contribution in [0.15, 0.2) is 16.5 Å². The van der Waals surface area contributed by atoms with Gasteiger partial charge in [-0.05, 0) is 12.1 Å². The fraction of sp³-hybridized carbons (Fsp3) is 0.111. The molecule has 2 N–H and O–H groups in total. The molecule has 0 saturated heterocycles. The summed E-state index contributed by atoms with van der Waals surface area (Å²) in [6, 6.07) is 2.65. The van der Waals surface area contributed by atoms with Crippen molar-refractivity contribution in [2.75, 3.05) is 7.11 Å². The molecule has 6 nitrogen and oxygen atoms in total. The van der Waals surface area contributed by atoms with Crippen molar-refractivity contribution < 1.29 is 24.2 Å². The number of aromatic carboxylic acids is 1. The van der Waals surface area contributed by atoms with E-state index in [9.17, 15) is 9.90 Å². The Morgan fingerprint density at radius 2 is 2.27 bits per heavy atom. The van der Waals surface area contributed by atoms with Gasteiger partial charge in [0, 0.05) is 0 Å². The number of phenols is 1. The number of aromatic hydroxyl groups is 1. The zero-order chi connectivity index (χ0) is 11.0. The summed E-state index contributed by atoms with van der Waals surface area (Å²) >= 11 is 0. The van der Waals surface area contributed by atoms with E-state index in [0.717, 1.165) is 0 Å². The van der Waals surface area contributed by atoms with Gasteiger partial charge in [-0.1, -0.05) is 0 Å². The Bertz CT molecular complexity index is 531. The predicted molar refractivity (Wildman–Crippen MR) is 49.2 cm³/mol. The van der Waals surface area contributed by atoms with Crippen LogP contribution in [-0.2, 0) is 0 Å². The fourth-order valence-electron chi connectivity index (χ4n) is 1.22. The number of carboxylic acids is 1. The van der Waals surface area contributed by atoms with Crippen LogP contribution in [0.25, 0.3) is 11.1 Å². The van der Waals surface area contributed by atoms with Gasteiger partial charge in [-0.2, -0.15) is 4.98 Å². The summed E-state index contributed by atoms with van der Waals surface area (Å²) in [5, 5.41) is 18.3. The first-order chi connectivity index (χ1) is 7.13. The van der Waals surface area contributed by atoms with Crippen LogP contribution in [0.1, 0.15) is 10.4 Å². The van der Waals surface area contributed by atoms with Crippen molar-refractivity contribution in [1.82, 2.24) is 4.98 Å². The van der Waals surface area contributed by atoms with Crippen molar-refractivity contribution in [1.29, 1.82) is 0 Å². The van der Waals surface area contributed by atoms with Gasteiger partial charge in [0.2, 0.25) is 0 Å². The number of rotatable bonds is 2. The average Bonchev–Trinajstić information content (AvgIpc) is 2.61. The monoisotopic (exact) mass is 209 g/mol.